The van der Waals surface area contributed by atoms with Crippen LogP contribution in [0.25, 0.3) is 0 Å². The lowest BCUT2D eigenvalue weighted by Crippen LogP contribution is -2.64. The van der Waals surface area contributed by atoms with E-state index in [0.29, 0.717) is 5.56 Å². The van der Waals surface area contributed by atoms with E-state index in [0.717, 1.165) is 27.7 Å². The Hall–Kier alpha value is -5.99. The van der Waals surface area contributed by atoms with Gasteiger partial charge in [0.2, 0.25) is 47.3 Å². The number of aliphatic carboxylic acids is 1. The highest BCUT2D eigenvalue weighted by molar-refractivity contribution is 5.99. The van der Waals surface area contributed by atoms with Crippen molar-refractivity contribution in [3.63, 3.8) is 0 Å². The third-order valence-corrected chi connectivity index (χ3v) is 8.51. The quantitative estimate of drug-likeness (QED) is 0.0459. The molecule has 60 heavy (non-hydrogen) atoms. The molecule has 0 aliphatic heterocycles. The van der Waals surface area contributed by atoms with E-state index >= 15 is 0 Å². The SMILES string of the molecule is C[C@@H](N)C(=O)N[C@@H](CO)C(=O)N[C@H](C(=O)N[C@H](C(=O)N[C@H](C(=O)N[C@@H](CC(N)=O)C(=O)N[C@H](Cc1ccc(O)cc1)C(=O)N[C@H](C(=O)O)[C@@H](C)O)[C@@H](C)O)[C@@H](C)O)[C@@H](C)O. The van der Waals surface area contributed by atoms with Crippen molar-refractivity contribution in [1.82, 2.24) is 37.2 Å². The number of nitrogens with two attached hydrogens (primary N) is 2. The summed E-state index contributed by atoms with van der Waals surface area (Å²) < 4.78 is 0. The number of rotatable bonds is 24. The monoisotopic (exact) mass is 857 g/mol. The highest BCUT2D eigenvalue weighted by Crippen LogP contribution is 2.13. The third kappa shape index (κ3) is 16.7. The molecule has 0 bridgehead atoms. The van der Waals surface area contributed by atoms with E-state index < -0.39 is 139 Å². The summed E-state index contributed by atoms with van der Waals surface area (Å²) in [7, 11) is 0. The number of aliphatic hydroxyl groups excluding tert-OH is 5. The van der Waals surface area contributed by atoms with Crippen LogP contribution >= 0.6 is 0 Å². The highest BCUT2D eigenvalue weighted by Gasteiger charge is 2.38. The van der Waals surface area contributed by atoms with E-state index in [4.69, 9.17) is 11.5 Å². The average Bonchev–Trinajstić information content (AvgIpc) is 3.14. The molecule has 8 amide bonds. The van der Waals surface area contributed by atoms with Gasteiger partial charge in [0, 0.05) is 6.42 Å². The number of carbonyl (C=O) groups excluding carboxylic acids is 8. The summed E-state index contributed by atoms with van der Waals surface area (Å²) in [4.78, 5) is 115. The summed E-state index contributed by atoms with van der Waals surface area (Å²) in [6, 6.07) is -8.69. The topological polar surface area (TPSA) is 431 Å². The number of primary amides is 1. The van der Waals surface area contributed by atoms with Gasteiger partial charge in [-0.05, 0) is 52.3 Å². The van der Waals surface area contributed by atoms with Crippen LogP contribution in [0.1, 0.15) is 46.6 Å². The number of carbonyl (C=O) groups is 9. The second-order valence-electron chi connectivity index (χ2n) is 13.9. The van der Waals surface area contributed by atoms with Gasteiger partial charge in [0.25, 0.3) is 0 Å². The predicted molar refractivity (Wildman–Crippen MR) is 204 cm³/mol. The number of hydrogen-bond donors (Lipinski definition) is 16. The molecule has 1 aromatic rings. The van der Waals surface area contributed by atoms with Crippen molar-refractivity contribution in [1.29, 1.82) is 0 Å². The molecule has 0 saturated heterocycles. The number of hydrogen-bond acceptors (Lipinski definition) is 16. The van der Waals surface area contributed by atoms with Gasteiger partial charge < -0.3 is 84.4 Å². The Kier molecular flexibility index (Phi) is 21.0. The lowest BCUT2D eigenvalue weighted by molar-refractivity contribution is -0.145. The third-order valence-electron chi connectivity index (χ3n) is 8.51. The van der Waals surface area contributed by atoms with Crippen molar-refractivity contribution in [3.8, 4) is 5.75 Å². The summed E-state index contributed by atoms with van der Waals surface area (Å²) in [5, 5.41) is 84.5. The van der Waals surface area contributed by atoms with Gasteiger partial charge in [0.1, 0.15) is 42.0 Å². The normalized spacial score (nSPS) is 17.1. The first-order valence-corrected chi connectivity index (χ1v) is 18.3. The van der Waals surface area contributed by atoms with Crippen molar-refractivity contribution in [2.45, 2.75) is 120 Å². The maximum Gasteiger partial charge on any atom is 0.328 e. The van der Waals surface area contributed by atoms with E-state index in [1.54, 1.807) is 0 Å². The Labute approximate surface area is 343 Å². The Morgan fingerprint density at radius 1 is 0.533 bits per heavy atom. The smallest absolute Gasteiger partial charge is 0.328 e. The largest absolute Gasteiger partial charge is 0.508 e. The fourth-order valence-corrected chi connectivity index (χ4v) is 5.12. The zero-order valence-corrected chi connectivity index (χ0v) is 33.3. The molecule has 25 heteroatoms. The Balaban J connectivity index is 3.33. The molecule has 336 valence electrons. The zero-order valence-electron chi connectivity index (χ0n) is 33.3. The van der Waals surface area contributed by atoms with Crippen molar-refractivity contribution >= 4 is 53.2 Å². The molecule has 12 atom stereocenters. The lowest BCUT2D eigenvalue weighted by Gasteiger charge is -2.29. The zero-order chi connectivity index (χ0) is 46.2. The van der Waals surface area contributed by atoms with Crippen LogP contribution in [0.5, 0.6) is 5.75 Å². The second-order valence-corrected chi connectivity index (χ2v) is 13.9. The van der Waals surface area contributed by atoms with Crippen LogP contribution in [0.4, 0.5) is 0 Å². The molecular formula is C35H55N9O16. The minimum atomic E-state index is -2.00. The Bertz CT molecular complexity index is 1690. The minimum Gasteiger partial charge on any atom is -0.508 e. The molecule has 0 unspecified atom stereocenters. The molecule has 0 heterocycles. The van der Waals surface area contributed by atoms with Gasteiger partial charge in [-0.1, -0.05) is 12.1 Å². The molecule has 0 radical (unpaired) electrons. The number of aliphatic hydroxyl groups is 5. The van der Waals surface area contributed by atoms with Gasteiger partial charge in [-0.25, -0.2) is 4.79 Å². The molecule has 1 rings (SSSR count). The van der Waals surface area contributed by atoms with Gasteiger partial charge >= 0.3 is 5.97 Å². The Morgan fingerprint density at radius 3 is 1.27 bits per heavy atom. The molecule has 25 nitrogen and oxygen atoms in total. The number of carboxylic acids is 1. The molecule has 0 spiro atoms. The van der Waals surface area contributed by atoms with E-state index in [1.807, 2.05) is 0 Å². The van der Waals surface area contributed by atoms with Gasteiger partial charge in [0.15, 0.2) is 6.04 Å². The average molecular weight is 858 g/mol. The molecular weight excluding hydrogens is 802 g/mol. The fraction of sp³-hybridized carbons (Fsp3) is 0.571. The van der Waals surface area contributed by atoms with Crippen molar-refractivity contribution < 1.29 is 78.9 Å². The number of carboxylic acid groups (broad SMARTS) is 1. The van der Waals surface area contributed by atoms with E-state index in [2.05, 4.69) is 37.2 Å². The van der Waals surface area contributed by atoms with Crippen LogP contribution in [0, 0.1) is 0 Å². The van der Waals surface area contributed by atoms with Gasteiger partial charge in [-0.15, -0.1) is 0 Å². The van der Waals surface area contributed by atoms with Crippen LogP contribution in [0.15, 0.2) is 24.3 Å². The van der Waals surface area contributed by atoms with Crippen molar-refractivity contribution in [2.75, 3.05) is 6.61 Å². The maximum absolute atomic E-state index is 13.6. The van der Waals surface area contributed by atoms with E-state index in [9.17, 15) is 78.9 Å². The summed E-state index contributed by atoms with van der Waals surface area (Å²) in [5.41, 5.74) is 11.1. The van der Waals surface area contributed by atoms with Crippen molar-refractivity contribution in [2.24, 2.45) is 11.5 Å². The molecule has 1 aromatic carbocycles. The second kappa shape index (κ2) is 24.2. The maximum atomic E-state index is 13.6. The van der Waals surface area contributed by atoms with Gasteiger partial charge in [0.05, 0.1) is 43.5 Å². The van der Waals surface area contributed by atoms with Gasteiger partial charge in [-0.2, -0.15) is 0 Å². The van der Waals surface area contributed by atoms with Crippen LogP contribution in [-0.2, 0) is 49.6 Å². The number of amides is 8. The van der Waals surface area contributed by atoms with Crippen LogP contribution < -0.4 is 48.7 Å². The molecule has 0 saturated carbocycles. The van der Waals surface area contributed by atoms with E-state index in [1.165, 1.54) is 31.2 Å². The standard InChI is InChI=1S/C35H55N9O16/c1-13(36)28(52)40-22(12-45)31(55)41-25(15(3)47)33(57)43-26(16(4)48)34(58)42-24(14(2)46)32(56)39-21(11-23(37)51)29(53)38-20(10-18-6-8-19(50)9-7-18)30(54)44-27(17(5)49)35(59)60/h6-9,13-17,20-22,24-27,45-50H,10-12,36H2,1-5H3,(H2,37,51)(H,38,53)(H,39,56)(H,40,52)(H,41,55)(H,42,58)(H,43,57)(H,44,54)(H,59,60)/t13-,14-,15-,16-,17-,20-,21+,22+,24+,25+,26+,27+/m1/s1. The lowest BCUT2D eigenvalue weighted by atomic mass is 10.0. The number of phenols is 1. The molecule has 0 fully saturated rings. The number of nitrogens with one attached hydrogen (secondary N) is 7. The molecule has 0 aromatic heterocycles. The first kappa shape index (κ1) is 52.0. The first-order valence-electron chi connectivity index (χ1n) is 18.3. The first-order chi connectivity index (χ1) is 27.8. The van der Waals surface area contributed by atoms with Gasteiger partial charge in [-0.3, -0.25) is 38.4 Å². The molecule has 0 aliphatic carbocycles. The van der Waals surface area contributed by atoms with Crippen molar-refractivity contribution in [3.05, 3.63) is 29.8 Å². The van der Waals surface area contributed by atoms with E-state index in [-0.39, 0.29) is 12.2 Å². The summed E-state index contributed by atoms with van der Waals surface area (Å²) >= 11 is 0. The van der Waals surface area contributed by atoms with Crippen LogP contribution in [0.3, 0.4) is 0 Å². The van der Waals surface area contributed by atoms with Crippen LogP contribution in [0.2, 0.25) is 0 Å². The summed E-state index contributed by atoms with van der Waals surface area (Å²) in [6.45, 7) is 4.53. The number of phenolic OH excluding ortho intramolecular Hbond substituents is 1. The van der Waals surface area contributed by atoms with Crippen LogP contribution in [-0.4, -0.2) is 168 Å². The number of aromatic hydroxyl groups is 1. The minimum absolute atomic E-state index is 0.152. The summed E-state index contributed by atoms with van der Waals surface area (Å²) in [5.74, 6) is -11.3. The molecule has 18 N–H and O–H groups in total. The Morgan fingerprint density at radius 2 is 0.883 bits per heavy atom. The highest BCUT2D eigenvalue weighted by atomic mass is 16.4. The fourth-order valence-electron chi connectivity index (χ4n) is 5.12. The predicted octanol–water partition coefficient (Wildman–Crippen LogP) is -7.85. The number of benzene rings is 1. The summed E-state index contributed by atoms with van der Waals surface area (Å²) in [6.07, 6.45) is -8.10. The molecule has 0 aliphatic rings.